The lowest BCUT2D eigenvalue weighted by Gasteiger charge is -2.12. The number of aliphatic hydroxyl groups excluding tert-OH is 1. The average Bonchev–Trinajstić information content (AvgIpc) is 2.83. The standard InChI is InChI=1S/C15H11BrO2/c16-15-13(8-9-18-15)14(17)12-7-3-5-10-4-1-2-6-11(10)12/h1-9,14,17H. The third kappa shape index (κ3) is 1.85. The van der Waals surface area contributed by atoms with Crippen LogP contribution >= 0.6 is 15.9 Å². The van der Waals surface area contributed by atoms with E-state index in [0.29, 0.717) is 4.67 Å². The zero-order valence-electron chi connectivity index (χ0n) is 9.51. The monoisotopic (exact) mass is 302 g/mol. The van der Waals surface area contributed by atoms with E-state index in [1.165, 1.54) is 0 Å². The lowest BCUT2D eigenvalue weighted by Crippen LogP contribution is -1.99. The highest BCUT2D eigenvalue weighted by atomic mass is 79.9. The molecule has 3 heteroatoms. The molecule has 2 aromatic carbocycles. The fourth-order valence-corrected chi connectivity index (χ4v) is 2.61. The minimum atomic E-state index is -0.691. The fourth-order valence-electron chi connectivity index (χ4n) is 2.16. The molecule has 0 bridgehead atoms. The van der Waals surface area contributed by atoms with Crippen molar-refractivity contribution in [3.8, 4) is 0 Å². The number of benzene rings is 2. The van der Waals surface area contributed by atoms with Crippen LogP contribution in [-0.2, 0) is 0 Å². The van der Waals surface area contributed by atoms with Crippen LogP contribution in [0, 0.1) is 0 Å². The molecule has 3 aromatic rings. The molecule has 2 nitrogen and oxygen atoms in total. The van der Waals surface area contributed by atoms with E-state index in [2.05, 4.69) is 15.9 Å². The van der Waals surface area contributed by atoms with Gasteiger partial charge in [-0.05, 0) is 38.3 Å². The maximum atomic E-state index is 10.5. The van der Waals surface area contributed by atoms with Gasteiger partial charge in [-0.3, -0.25) is 0 Å². The second-order valence-electron chi connectivity index (χ2n) is 4.12. The van der Waals surface area contributed by atoms with Gasteiger partial charge >= 0.3 is 0 Å². The van der Waals surface area contributed by atoms with Crippen molar-refractivity contribution in [3.63, 3.8) is 0 Å². The first-order valence-corrected chi connectivity index (χ1v) is 6.45. The highest BCUT2D eigenvalue weighted by Crippen LogP contribution is 2.33. The summed E-state index contributed by atoms with van der Waals surface area (Å²) in [7, 11) is 0. The second-order valence-corrected chi connectivity index (χ2v) is 4.84. The highest BCUT2D eigenvalue weighted by Gasteiger charge is 2.17. The Kier molecular flexibility index (Phi) is 2.94. The van der Waals surface area contributed by atoms with Crippen molar-refractivity contribution >= 4 is 26.7 Å². The number of fused-ring (bicyclic) bond motifs is 1. The first kappa shape index (κ1) is 11.5. The lowest BCUT2D eigenvalue weighted by atomic mass is 9.97. The topological polar surface area (TPSA) is 33.4 Å². The molecule has 0 saturated carbocycles. The Labute approximate surface area is 113 Å². The lowest BCUT2D eigenvalue weighted by molar-refractivity contribution is 0.219. The summed E-state index contributed by atoms with van der Waals surface area (Å²) in [4.78, 5) is 0. The van der Waals surface area contributed by atoms with Crippen molar-refractivity contribution < 1.29 is 9.52 Å². The van der Waals surface area contributed by atoms with E-state index in [-0.39, 0.29) is 0 Å². The fraction of sp³-hybridized carbons (Fsp3) is 0.0667. The highest BCUT2D eigenvalue weighted by molar-refractivity contribution is 9.10. The summed E-state index contributed by atoms with van der Waals surface area (Å²) >= 11 is 3.30. The Balaban J connectivity index is 2.18. The van der Waals surface area contributed by atoms with Crippen LogP contribution in [0.2, 0.25) is 0 Å². The van der Waals surface area contributed by atoms with Crippen molar-refractivity contribution in [2.75, 3.05) is 0 Å². The van der Waals surface area contributed by atoms with Crippen molar-refractivity contribution in [1.29, 1.82) is 0 Å². The van der Waals surface area contributed by atoms with Crippen LogP contribution in [0.3, 0.4) is 0 Å². The van der Waals surface area contributed by atoms with Crippen LogP contribution in [-0.4, -0.2) is 5.11 Å². The number of hydrogen-bond acceptors (Lipinski definition) is 2. The van der Waals surface area contributed by atoms with Crippen molar-refractivity contribution in [1.82, 2.24) is 0 Å². The second kappa shape index (κ2) is 4.59. The van der Waals surface area contributed by atoms with E-state index in [4.69, 9.17) is 4.42 Å². The maximum Gasteiger partial charge on any atom is 0.175 e. The van der Waals surface area contributed by atoms with Gasteiger partial charge in [0.15, 0.2) is 4.67 Å². The van der Waals surface area contributed by atoms with Crippen molar-refractivity contribution in [2.45, 2.75) is 6.10 Å². The maximum absolute atomic E-state index is 10.5. The minimum Gasteiger partial charge on any atom is -0.457 e. The number of aliphatic hydroxyl groups is 1. The van der Waals surface area contributed by atoms with Crippen molar-refractivity contribution in [3.05, 3.63) is 70.6 Å². The van der Waals surface area contributed by atoms with E-state index >= 15 is 0 Å². The molecule has 0 fully saturated rings. The molecule has 0 radical (unpaired) electrons. The summed E-state index contributed by atoms with van der Waals surface area (Å²) in [5.41, 5.74) is 1.63. The molecular weight excluding hydrogens is 292 g/mol. The van der Waals surface area contributed by atoms with E-state index in [0.717, 1.165) is 21.9 Å². The van der Waals surface area contributed by atoms with E-state index in [9.17, 15) is 5.11 Å². The van der Waals surface area contributed by atoms with Gasteiger partial charge in [-0.25, -0.2) is 0 Å². The zero-order chi connectivity index (χ0) is 12.5. The molecule has 90 valence electrons. The molecule has 1 heterocycles. The van der Waals surface area contributed by atoms with Crippen LogP contribution < -0.4 is 0 Å². The molecule has 18 heavy (non-hydrogen) atoms. The first-order chi connectivity index (χ1) is 8.77. The Bertz CT molecular complexity index is 682. The van der Waals surface area contributed by atoms with Crippen LogP contribution in [0.25, 0.3) is 10.8 Å². The summed E-state index contributed by atoms with van der Waals surface area (Å²) in [6.07, 6.45) is 0.873. The predicted molar refractivity (Wildman–Crippen MR) is 74.4 cm³/mol. The Hall–Kier alpha value is -1.58. The quantitative estimate of drug-likeness (QED) is 0.766. The SMILES string of the molecule is OC(c1ccoc1Br)c1cccc2ccccc12. The molecule has 3 rings (SSSR count). The van der Waals surface area contributed by atoms with E-state index in [1.807, 2.05) is 42.5 Å². The van der Waals surface area contributed by atoms with E-state index in [1.54, 1.807) is 12.3 Å². The zero-order valence-corrected chi connectivity index (χ0v) is 11.1. The van der Waals surface area contributed by atoms with Gasteiger partial charge in [0.05, 0.1) is 6.26 Å². The summed E-state index contributed by atoms with van der Waals surface area (Å²) in [6.45, 7) is 0. The molecule has 0 spiro atoms. The van der Waals surface area contributed by atoms with Gasteiger partial charge in [-0.2, -0.15) is 0 Å². The molecule has 1 N–H and O–H groups in total. The van der Waals surface area contributed by atoms with Crippen LogP contribution in [0.1, 0.15) is 17.2 Å². The molecular formula is C15H11BrO2. The first-order valence-electron chi connectivity index (χ1n) is 5.66. The molecule has 0 aliphatic rings. The largest absolute Gasteiger partial charge is 0.457 e. The molecule has 0 aliphatic carbocycles. The molecule has 0 aliphatic heterocycles. The van der Waals surface area contributed by atoms with Gasteiger partial charge in [-0.1, -0.05) is 42.5 Å². The predicted octanol–water partition coefficient (Wildman–Crippen LogP) is 4.28. The van der Waals surface area contributed by atoms with Gasteiger partial charge in [0.25, 0.3) is 0 Å². The molecule has 0 saturated heterocycles. The van der Waals surface area contributed by atoms with Crippen molar-refractivity contribution in [2.24, 2.45) is 0 Å². The Morgan fingerprint density at radius 2 is 1.72 bits per heavy atom. The Morgan fingerprint density at radius 1 is 0.944 bits per heavy atom. The smallest absolute Gasteiger partial charge is 0.175 e. The molecule has 1 aromatic heterocycles. The molecule has 0 amide bonds. The van der Waals surface area contributed by atoms with Crippen LogP contribution in [0.5, 0.6) is 0 Å². The van der Waals surface area contributed by atoms with E-state index < -0.39 is 6.10 Å². The third-order valence-electron chi connectivity index (χ3n) is 3.06. The third-order valence-corrected chi connectivity index (χ3v) is 3.70. The summed E-state index contributed by atoms with van der Waals surface area (Å²) in [5.74, 6) is 0. The minimum absolute atomic E-state index is 0.572. The van der Waals surface area contributed by atoms with Gasteiger partial charge in [0, 0.05) is 5.56 Å². The van der Waals surface area contributed by atoms with Crippen LogP contribution in [0.4, 0.5) is 0 Å². The number of hydrogen-bond donors (Lipinski definition) is 1. The molecule has 1 atom stereocenters. The number of halogens is 1. The number of rotatable bonds is 2. The number of furan rings is 1. The normalized spacial score (nSPS) is 12.8. The van der Waals surface area contributed by atoms with Gasteiger partial charge in [0.1, 0.15) is 6.10 Å². The van der Waals surface area contributed by atoms with Gasteiger partial charge < -0.3 is 9.52 Å². The molecule has 1 unspecified atom stereocenters. The van der Waals surface area contributed by atoms with Gasteiger partial charge in [-0.15, -0.1) is 0 Å². The summed E-state index contributed by atoms with van der Waals surface area (Å²) < 4.78 is 5.75. The van der Waals surface area contributed by atoms with Crippen LogP contribution in [0.15, 0.2) is 63.9 Å². The average molecular weight is 303 g/mol. The summed E-state index contributed by atoms with van der Waals surface area (Å²) in [5, 5.41) is 12.6. The van der Waals surface area contributed by atoms with Gasteiger partial charge in [0.2, 0.25) is 0 Å². The Morgan fingerprint density at radius 3 is 2.50 bits per heavy atom. The summed E-state index contributed by atoms with van der Waals surface area (Å²) in [6, 6.07) is 15.7.